The molecule has 0 spiro atoms. The van der Waals surface area contributed by atoms with Crippen LogP contribution >= 0.6 is 0 Å². The molecule has 194 valence electrons. The van der Waals surface area contributed by atoms with Gasteiger partial charge < -0.3 is 10.5 Å². The molecule has 0 aliphatic heterocycles. The standard InChI is InChI=1S/C21H16F4N6O5S/c22-13-4-3-7-27-15(13)10-29-20(32)18(37(34,35)36)17-12(9-26)8-14(23)19(31(17)33)30-11-21(24,25)16-5-1-2-6-28-16/h1-8,18,30H,10-11H2,(H,29,32)(H,34,35,36). The molecule has 0 radical (unpaired) electrons. The Labute approximate surface area is 206 Å². The topological polar surface area (TPSA) is 172 Å². The number of amides is 1. The molecule has 11 nitrogen and oxygen atoms in total. The Morgan fingerprint density at radius 1 is 1.19 bits per heavy atom. The lowest BCUT2D eigenvalue weighted by atomic mass is 10.1. The van der Waals surface area contributed by atoms with E-state index in [0.29, 0.717) is 6.07 Å². The van der Waals surface area contributed by atoms with E-state index >= 15 is 0 Å². The summed E-state index contributed by atoms with van der Waals surface area (Å²) in [5.74, 6) is -9.00. The quantitative estimate of drug-likeness (QED) is 0.158. The van der Waals surface area contributed by atoms with Crippen LogP contribution in [0.4, 0.5) is 23.4 Å². The van der Waals surface area contributed by atoms with Gasteiger partial charge in [0.05, 0.1) is 12.2 Å². The average molecular weight is 540 g/mol. The maximum atomic E-state index is 14.6. The molecule has 1 atom stereocenters. The van der Waals surface area contributed by atoms with Gasteiger partial charge in [-0.3, -0.25) is 24.6 Å². The van der Waals surface area contributed by atoms with Crippen LogP contribution in [0.3, 0.4) is 0 Å². The SMILES string of the molecule is N#Cc1cc(F)c(NCC(F)(F)c2ccccn2)[n+]([O-])c1C(C(=O)NCc1ncccc1F)S(=O)(=O)O. The lowest BCUT2D eigenvalue weighted by Gasteiger charge is -2.21. The van der Waals surface area contributed by atoms with E-state index in [4.69, 9.17) is 0 Å². The Balaban J connectivity index is 2.00. The molecule has 0 saturated heterocycles. The number of nitrogens with one attached hydrogen (secondary N) is 2. The van der Waals surface area contributed by atoms with Gasteiger partial charge in [-0.2, -0.15) is 26.9 Å². The molecule has 1 amide bonds. The molecular formula is C21H16F4N6O5S. The number of nitriles is 1. The van der Waals surface area contributed by atoms with Crippen LogP contribution in [0, 0.1) is 28.2 Å². The molecule has 37 heavy (non-hydrogen) atoms. The number of carbonyl (C=O) groups is 1. The molecule has 16 heteroatoms. The summed E-state index contributed by atoms with van der Waals surface area (Å²) in [6, 6.07) is 7.48. The van der Waals surface area contributed by atoms with Crippen molar-refractivity contribution in [3.8, 4) is 6.07 Å². The number of hydrogen-bond donors (Lipinski definition) is 3. The third-order valence-corrected chi connectivity index (χ3v) is 5.92. The molecule has 3 heterocycles. The summed E-state index contributed by atoms with van der Waals surface area (Å²) in [5.41, 5.74) is -3.34. The van der Waals surface area contributed by atoms with Crippen LogP contribution < -0.4 is 15.4 Å². The number of rotatable bonds is 9. The van der Waals surface area contributed by atoms with Gasteiger partial charge in [0.25, 0.3) is 10.1 Å². The van der Waals surface area contributed by atoms with Gasteiger partial charge in [0.2, 0.25) is 17.0 Å². The second kappa shape index (κ2) is 10.7. The van der Waals surface area contributed by atoms with Crippen LogP contribution in [0.2, 0.25) is 0 Å². The van der Waals surface area contributed by atoms with Crippen molar-refractivity contribution in [1.82, 2.24) is 15.3 Å². The number of halogens is 4. The first kappa shape index (κ1) is 27.2. The Hall–Kier alpha value is -4.36. The smallest absolute Gasteiger partial charge is 0.325 e. The van der Waals surface area contributed by atoms with Gasteiger partial charge in [-0.1, -0.05) is 6.07 Å². The normalized spacial score (nSPS) is 12.4. The third-order valence-electron chi connectivity index (χ3n) is 4.88. The second-order valence-electron chi connectivity index (χ2n) is 7.36. The summed E-state index contributed by atoms with van der Waals surface area (Å²) in [6.45, 7) is -2.09. The van der Waals surface area contributed by atoms with Crippen molar-refractivity contribution in [2.75, 3.05) is 11.9 Å². The number of pyridine rings is 3. The van der Waals surface area contributed by atoms with E-state index in [9.17, 15) is 45.8 Å². The zero-order valence-electron chi connectivity index (χ0n) is 18.4. The van der Waals surface area contributed by atoms with E-state index in [-0.39, 0.29) is 5.69 Å². The van der Waals surface area contributed by atoms with Crippen LogP contribution in [0.15, 0.2) is 48.8 Å². The summed E-state index contributed by atoms with van der Waals surface area (Å²) in [7, 11) is -5.51. The predicted octanol–water partition coefficient (Wildman–Crippen LogP) is 1.71. The number of alkyl halides is 2. The molecule has 0 saturated carbocycles. The Bertz CT molecular complexity index is 1470. The molecule has 0 aliphatic carbocycles. The van der Waals surface area contributed by atoms with Gasteiger partial charge in [-0.25, -0.2) is 9.12 Å². The van der Waals surface area contributed by atoms with E-state index in [2.05, 4.69) is 9.97 Å². The Kier molecular flexibility index (Phi) is 7.89. The van der Waals surface area contributed by atoms with Crippen LogP contribution in [0.5, 0.6) is 0 Å². The summed E-state index contributed by atoms with van der Waals surface area (Å²) in [6.07, 6.45) is 2.24. The molecular weight excluding hydrogens is 524 g/mol. The lowest BCUT2D eigenvalue weighted by Crippen LogP contribution is -2.46. The molecule has 0 aliphatic rings. The van der Waals surface area contributed by atoms with Crippen molar-refractivity contribution in [3.05, 3.63) is 88.3 Å². The molecule has 0 aromatic carbocycles. The number of anilines is 1. The third kappa shape index (κ3) is 6.08. The van der Waals surface area contributed by atoms with Crippen molar-refractivity contribution in [1.29, 1.82) is 5.26 Å². The molecule has 1 unspecified atom stereocenters. The number of aromatic nitrogens is 3. The lowest BCUT2D eigenvalue weighted by molar-refractivity contribution is -0.600. The molecule has 0 bridgehead atoms. The van der Waals surface area contributed by atoms with E-state index in [1.54, 1.807) is 0 Å². The molecule has 3 aromatic heterocycles. The fourth-order valence-electron chi connectivity index (χ4n) is 3.17. The first-order valence-corrected chi connectivity index (χ1v) is 11.6. The largest absolute Gasteiger partial charge is 0.710 e. The van der Waals surface area contributed by atoms with Gasteiger partial charge in [-0.05, 0) is 24.3 Å². The van der Waals surface area contributed by atoms with E-state index in [1.165, 1.54) is 30.5 Å². The zero-order valence-corrected chi connectivity index (χ0v) is 19.2. The summed E-state index contributed by atoms with van der Waals surface area (Å²) < 4.78 is 90.5. The van der Waals surface area contributed by atoms with Crippen LogP contribution in [0.25, 0.3) is 0 Å². The van der Waals surface area contributed by atoms with Gasteiger partial charge in [0.1, 0.15) is 23.1 Å². The van der Waals surface area contributed by atoms with Crippen molar-refractivity contribution in [2.45, 2.75) is 17.7 Å². The van der Waals surface area contributed by atoms with Gasteiger partial charge in [0.15, 0.2) is 12.2 Å². The highest BCUT2D eigenvalue weighted by molar-refractivity contribution is 7.86. The fraction of sp³-hybridized carbons (Fsp3) is 0.190. The minimum Gasteiger partial charge on any atom is -0.710 e. The highest BCUT2D eigenvalue weighted by atomic mass is 32.2. The van der Waals surface area contributed by atoms with E-state index in [0.717, 1.165) is 18.3 Å². The van der Waals surface area contributed by atoms with Gasteiger partial charge >= 0.3 is 11.7 Å². The monoisotopic (exact) mass is 540 g/mol. The van der Waals surface area contributed by atoms with Crippen molar-refractivity contribution < 1.29 is 40.1 Å². The van der Waals surface area contributed by atoms with Crippen molar-refractivity contribution in [3.63, 3.8) is 0 Å². The second-order valence-corrected chi connectivity index (χ2v) is 8.87. The Morgan fingerprint density at radius 3 is 2.49 bits per heavy atom. The van der Waals surface area contributed by atoms with Gasteiger partial charge in [0, 0.05) is 18.5 Å². The Morgan fingerprint density at radius 2 is 1.89 bits per heavy atom. The molecule has 3 aromatic rings. The number of carbonyl (C=O) groups excluding carboxylic acids is 1. The van der Waals surface area contributed by atoms with Crippen molar-refractivity contribution >= 4 is 21.8 Å². The van der Waals surface area contributed by atoms with Crippen LogP contribution in [-0.2, 0) is 27.4 Å². The van der Waals surface area contributed by atoms with E-state index in [1.807, 2.05) is 10.6 Å². The van der Waals surface area contributed by atoms with E-state index < -0.39 is 79.4 Å². The highest BCUT2D eigenvalue weighted by Gasteiger charge is 2.42. The van der Waals surface area contributed by atoms with Crippen LogP contribution in [0.1, 0.15) is 27.9 Å². The zero-order chi connectivity index (χ0) is 27.4. The van der Waals surface area contributed by atoms with Gasteiger partial charge in [-0.15, -0.1) is 0 Å². The minimum absolute atomic E-state index is 0.328. The summed E-state index contributed by atoms with van der Waals surface area (Å²) >= 11 is 0. The number of nitrogens with zero attached hydrogens (tertiary/aromatic N) is 4. The predicted molar refractivity (Wildman–Crippen MR) is 117 cm³/mol. The maximum absolute atomic E-state index is 14.6. The molecule has 0 fully saturated rings. The number of hydrogen-bond acceptors (Lipinski definition) is 8. The highest BCUT2D eigenvalue weighted by Crippen LogP contribution is 2.29. The first-order valence-electron chi connectivity index (χ1n) is 10.1. The van der Waals surface area contributed by atoms with Crippen molar-refractivity contribution in [2.24, 2.45) is 0 Å². The first-order chi connectivity index (χ1) is 17.4. The van der Waals surface area contributed by atoms with Crippen LogP contribution in [-0.4, -0.2) is 35.4 Å². The summed E-state index contributed by atoms with van der Waals surface area (Å²) in [5, 5.41) is 23.2. The maximum Gasteiger partial charge on any atom is 0.325 e. The fourth-order valence-corrected chi connectivity index (χ4v) is 4.03. The minimum atomic E-state index is -5.51. The average Bonchev–Trinajstić information content (AvgIpc) is 2.84. The molecule has 3 N–H and O–H groups in total. The summed E-state index contributed by atoms with van der Waals surface area (Å²) in [4.78, 5) is 19.8. The molecule has 3 rings (SSSR count).